The highest BCUT2D eigenvalue weighted by atomic mass is 16.2. The van der Waals surface area contributed by atoms with E-state index in [0.29, 0.717) is 13.1 Å². The van der Waals surface area contributed by atoms with E-state index in [1.54, 1.807) is 4.90 Å². The van der Waals surface area contributed by atoms with Crippen molar-refractivity contribution in [2.45, 2.75) is 13.8 Å². The van der Waals surface area contributed by atoms with Gasteiger partial charge in [0.05, 0.1) is 6.54 Å². The Labute approximate surface area is 93.2 Å². The van der Waals surface area contributed by atoms with E-state index in [1.165, 1.54) is 6.33 Å². The SMILES string of the molecule is CCN(CC)C(=O)CNC(=O)c1ncn[nH]1. The van der Waals surface area contributed by atoms with E-state index in [4.69, 9.17) is 0 Å². The lowest BCUT2D eigenvalue weighted by molar-refractivity contribution is -0.129. The Bertz CT molecular complexity index is 345. The van der Waals surface area contributed by atoms with Crippen LogP contribution in [0.25, 0.3) is 0 Å². The number of aromatic nitrogens is 3. The van der Waals surface area contributed by atoms with Crippen LogP contribution in [0.4, 0.5) is 0 Å². The number of likely N-dealkylation sites (N-methyl/N-ethyl adjacent to an activating group) is 1. The monoisotopic (exact) mass is 225 g/mol. The normalized spacial score (nSPS) is 9.88. The number of carbonyl (C=O) groups is 2. The van der Waals surface area contributed by atoms with Gasteiger partial charge in [0.25, 0.3) is 5.91 Å². The standard InChI is InChI=1S/C9H15N5O2/c1-3-14(4-2)7(15)5-10-9(16)8-11-6-12-13-8/h6H,3-5H2,1-2H3,(H,10,16)(H,11,12,13). The van der Waals surface area contributed by atoms with Crippen molar-refractivity contribution in [1.29, 1.82) is 0 Å². The molecule has 0 aliphatic rings. The second-order valence-electron chi connectivity index (χ2n) is 3.08. The Kier molecular flexibility index (Phi) is 4.43. The van der Waals surface area contributed by atoms with E-state index in [-0.39, 0.29) is 18.3 Å². The number of hydrogen-bond donors (Lipinski definition) is 2. The molecule has 1 rings (SSSR count). The molecule has 1 aromatic heterocycles. The van der Waals surface area contributed by atoms with Crippen LogP contribution >= 0.6 is 0 Å². The van der Waals surface area contributed by atoms with Crippen LogP contribution in [-0.2, 0) is 4.79 Å². The first kappa shape index (κ1) is 12.2. The van der Waals surface area contributed by atoms with Gasteiger partial charge in [-0.25, -0.2) is 4.98 Å². The molecule has 1 aromatic rings. The summed E-state index contributed by atoms with van der Waals surface area (Å²) >= 11 is 0. The first-order valence-corrected chi connectivity index (χ1v) is 5.10. The van der Waals surface area contributed by atoms with Gasteiger partial charge in [0.1, 0.15) is 6.33 Å². The van der Waals surface area contributed by atoms with E-state index >= 15 is 0 Å². The van der Waals surface area contributed by atoms with Crippen molar-refractivity contribution < 1.29 is 9.59 Å². The van der Waals surface area contributed by atoms with Crippen molar-refractivity contribution in [2.75, 3.05) is 19.6 Å². The Morgan fingerprint density at radius 2 is 2.12 bits per heavy atom. The molecule has 0 saturated heterocycles. The molecule has 0 saturated carbocycles. The van der Waals surface area contributed by atoms with Crippen molar-refractivity contribution in [1.82, 2.24) is 25.4 Å². The van der Waals surface area contributed by atoms with E-state index in [2.05, 4.69) is 20.5 Å². The third-order valence-corrected chi connectivity index (χ3v) is 2.15. The molecule has 0 aliphatic heterocycles. The van der Waals surface area contributed by atoms with Gasteiger partial charge < -0.3 is 10.2 Å². The van der Waals surface area contributed by atoms with Gasteiger partial charge in [-0.2, -0.15) is 5.10 Å². The molecule has 1 heterocycles. The molecule has 0 fully saturated rings. The molecular weight excluding hydrogens is 210 g/mol. The van der Waals surface area contributed by atoms with Gasteiger partial charge in [0.15, 0.2) is 0 Å². The quantitative estimate of drug-likeness (QED) is 0.700. The number of nitrogens with one attached hydrogen (secondary N) is 2. The summed E-state index contributed by atoms with van der Waals surface area (Å²) in [4.78, 5) is 28.3. The van der Waals surface area contributed by atoms with Crippen molar-refractivity contribution in [3.8, 4) is 0 Å². The number of amides is 2. The molecule has 16 heavy (non-hydrogen) atoms. The van der Waals surface area contributed by atoms with Crippen molar-refractivity contribution >= 4 is 11.8 Å². The van der Waals surface area contributed by atoms with Gasteiger partial charge in [-0.05, 0) is 13.8 Å². The summed E-state index contributed by atoms with van der Waals surface area (Å²) in [6.07, 6.45) is 1.24. The van der Waals surface area contributed by atoms with E-state index < -0.39 is 5.91 Å². The number of aromatic amines is 1. The predicted molar refractivity (Wildman–Crippen MR) is 56.6 cm³/mol. The summed E-state index contributed by atoms with van der Waals surface area (Å²) in [6, 6.07) is 0. The van der Waals surface area contributed by atoms with E-state index in [0.717, 1.165) is 0 Å². The third kappa shape index (κ3) is 3.04. The maximum atomic E-state index is 11.5. The maximum Gasteiger partial charge on any atom is 0.289 e. The van der Waals surface area contributed by atoms with E-state index in [9.17, 15) is 9.59 Å². The average Bonchev–Trinajstić information content (AvgIpc) is 2.81. The molecule has 2 N–H and O–H groups in total. The molecule has 2 amide bonds. The highest BCUT2D eigenvalue weighted by Gasteiger charge is 2.13. The van der Waals surface area contributed by atoms with Crippen LogP contribution < -0.4 is 5.32 Å². The zero-order valence-corrected chi connectivity index (χ0v) is 9.36. The minimum Gasteiger partial charge on any atom is -0.342 e. The molecule has 0 atom stereocenters. The highest BCUT2D eigenvalue weighted by molar-refractivity contribution is 5.93. The largest absolute Gasteiger partial charge is 0.342 e. The fraction of sp³-hybridized carbons (Fsp3) is 0.556. The third-order valence-electron chi connectivity index (χ3n) is 2.15. The number of carbonyl (C=O) groups excluding carboxylic acids is 2. The summed E-state index contributed by atoms with van der Waals surface area (Å²) in [5, 5.41) is 8.44. The zero-order chi connectivity index (χ0) is 12.0. The Morgan fingerprint density at radius 1 is 1.44 bits per heavy atom. The lowest BCUT2D eigenvalue weighted by atomic mass is 10.4. The second kappa shape index (κ2) is 5.84. The number of H-pyrrole nitrogens is 1. The van der Waals surface area contributed by atoms with Crippen molar-refractivity contribution in [3.63, 3.8) is 0 Å². The fourth-order valence-electron chi connectivity index (χ4n) is 1.24. The van der Waals surface area contributed by atoms with Crippen LogP contribution in [0.1, 0.15) is 24.5 Å². The van der Waals surface area contributed by atoms with E-state index in [1.807, 2.05) is 13.8 Å². The van der Waals surface area contributed by atoms with Crippen molar-refractivity contribution in [3.05, 3.63) is 12.2 Å². The smallest absolute Gasteiger partial charge is 0.289 e. The summed E-state index contributed by atoms with van der Waals surface area (Å²) in [5.74, 6) is -0.441. The lowest BCUT2D eigenvalue weighted by Crippen LogP contribution is -2.40. The van der Waals surface area contributed by atoms with Gasteiger partial charge >= 0.3 is 0 Å². The summed E-state index contributed by atoms with van der Waals surface area (Å²) < 4.78 is 0. The number of nitrogens with zero attached hydrogens (tertiary/aromatic N) is 3. The molecule has 88 valence electrons. The molecule has 0 unspecified atom stereocenters. The van der Waals surface area contributed by atoms with Crippen molar-refractivity contribution in [2.24, 2.45) is 0 Å². The molecule has 7 heteroatoms. The van der Waals surface area contributed by atoms with Crippen LogP contribution in [0, 0.1) is 0 Å². The predicted octanol–water partition coefficient (Wildman–Crippen LogP) is -0.597. The van der Waals surface area contributed by atoms with Crippen LogP contribution in [0.5, 0.6) is 0 Å². The average molecular weight is 225 g/mol. The van der Waals surface area contributed by atoms with Crippen LogP contribution in [0.3, 0.4) is 0 Å². The lowest BCUT2D eigenvalue weighted by Gasteiger charge is -2.18. The van der Waals surface area contributed by atoms with Crippen LogP contribution in [0.2, 0.25) is 0 Å². The van der Waals surface area contributed by atoms with Gasteiger partial charge in [-0.3, -0.25) is 14.7 Å². The minimum absolute atomic E-state index is 0.0266. The maximum absolute atomic E-state index is 11.5. The minimum atomic E-state index is -0.432. The molecular formula is C9H15N5O2. The Balaban J connectivity index is 2.40. The summed E-state index contributed by atoms with van der Waals surface area (Å²) in [6.45, 7) is 5.02. The molecule has 0 aliphatic carbocycles. The Morgan fingerprint density at radius 3 is 2.62 bits per heavy atom. The Hall–Kier alpha value is -1.92. The summed E-state index contributed by atoms with van der Waals surface area (Å²) in [7, 11) is 0. The first-order valence-electron chi connectivity index (χ1n) is 5.10. The van der Waals surface area contributed by atoms with Gasteiger partial charge in [-0.1, -0.05) is 0 Å². The van der Waals surface area contributed by atoms with Gasteiger partial charge in [0.2, 0.25) is 11.7 Å². The topological polar surface area (TPSA) is 91.0 Å². The van der Waals surface area contributed by atoms with Crippen LogP contribution in [-0.4, -0.2) is 51.5 Å². The number of hydrogen-bond acceptors (Lipinski definition) is 4. The number of rotatable bonds is 5. The highest BCUT2D eigenvalue weighted by Crippen LogP contribution is 1.89. The first-order chi connectivity index (χ1) is 7.69. The molecule has 0 radical (unpaired) electrons. The zero-order valence-electron chi connectivity index (χ0n) is 9.36. The van der Waals surface area contributed by atoms with Crippen LogP contribution in [0.15, 0.2) is 6.33 Å². The fourth-order valence-corrected chi connectivity index (χ4v) is 1.24. The van der Waals surface area contributed by atoms with Gasteiger partial charge in [-0.15, -0.1) is 0 Å². The molecule has 7 nitrogen and oxygen atoms in total. The molecule has 0 aromatic carbocycles. The summed E-state index contributed by atoms with van der Waals surface area (Å²) in [5.41, 5.74) is 0. The van der Waals surface area contributed by atoms with Gasteiger partial charge in [0, 0.05) is 13.1 Å². The molecule has 0 bridgehead atoms. The second-order valence-corrected chi connectivity index (χ2v) is 3.08. The molecule has 0 spiro atoms.